The summed E-state index contributed by atoms with van der Waals surface area (Å²) in [4.78, 5) is 11.4. The predicted octanol–water partition coefficient (Wildman–Crippen LogP) is 3.12. The molecule has 0 aliphatic carbocycles. The quantitative estimate of drug-likeness (QED) is 0.888. The molecule has 1 N–H and O–H groups in total. The third-order valence-electron chi connectivity index (χ3n) is 3.02. The van der Waals surface area contributed by atoms with E-state index in [0.717, 1.165) is 0 Å². The lowest BCUT2D eigenvalue weighted by Gasteiger charge is -2.14. The topological polar surface area (TPSA) is 65.0 Å². The standard InChI is InChI=1S/C16H15FO5/c1-20-12-7-13(21-2)15(16(18)19)14(8-12)22-9-10-3-5-11(17)6-4-10/h3-8H,9H2,1-2H3,(H,18,19). The molecule has 0 heterocycles. The van der Waals surface area contributed by atoms with Gasteiger partial charge in [0.15, 0.2) is 0 Å². The largest absolute Gasteiger partial charge is 0.496 e. The number of rotatable bonds is 6. The Balaban J connectivity index is 2.31. The number of ether oxygens (including phenoxy) is 3. The first-order valence-electron chi connectivity index (χ1n) is 6.41. The highest BCUT2D eigenvalue weighted by Gasteiger charge is 2.20. The van der Waals surface area contributed by atoms with Crippen LogP contribution in [0, 0.1) is 5.82 Å². The van der Waals surface area contributed by atoms with Crippen LogP contribution in [0.3, 0.4) is 0 Å². The second-order valence-corrected chi connectivity index (χ2v) is 4.42. The Labute approximate surface area is 126 Å². The van der Waals surface area contributed by atoms with Crippen LogP contribution in [-0.4, -0.2) is 25.3 Å². The summed E-state index contributed by atoms with van der Waals surface area (Å²) < 4.78 is 28.6. The molecular formula is C16H15FO5. The Morgan fingerprint density at radius 2 is 1.73 bits per heavy atom. The predicted molar refractivity (Wildman–Crippen MR) is 77.2 cm³/mol. The SMILES string of the molecule is COc1cc(OC)c(C(=O)O)c(OCc2ccc(F)cc2)c1. The fourth-order valence-corrected chi connectivity index (χ4v) is 1.91. The Hall–Kier alpha value is -2.76. The molecule has 0 aliphatic rings. The van der Waals surface area contributed by atoms with E-state index in [1.807, 2.05) is 0 Å². The molecule has 0 atom stereocenters. The van der Waals surface area contributed by atoms with Crippen LogP contribution in [0.2, 0.25) is 0 Å². The normalized spacial score (nSPS) is 10.1. The minimum atomic E-state index is -1.17. The molecule has 2 aromatic rings. The number of aromatic carboxylic acids is 1. The summed E-state index contributed by atoms with van der Waals surface area (Å²) in [6.45, 7) is 0.0941. The zero-order valence-corrected chi connectivity index (χ0v) is 12.1. The van der Waals surface area contributed by atoms with E-state index in [2.05, 4.69) is 0 Å². The summed E-state index contributed by atoms with van der Waals surface area (Å²) in [6, 6.07) is 8.68. The van der Waals surface area contributed by atoms with Gasteiger partial charge < -0.3 is 19.3 Å². The van der Waals surface area contributed by atoms with Crippen molar-refractivity contribution < 1.29 is 28.5 Å². The van der Waals surface area contributed by atoms with Crippen LogP contribution in [0.25, 0.3) is 0 Å². The number of carbonyl (C=O) groups is 1. The maximum Gasteiger partial charge on any atom is 0.343 e. The van der Waals surface area contributed by atoms with Gasteiger partial charge in [-0.2, -0.15) is 0 Å². The molecule has 116 valence electrons. The molecule has 0 aromatic heterocycles. The van der Waals surface area contributed by atoms with E-state index in [-0.39, 0.29) is 29.5 Å². The van der Waals surface area contributed by atoms with Gasteiger partial charge in [-0.15, -0.1) is 0 Å². The van der Waals surface area contributed by atoms with E-state index in [1.165, 1.54) is 38.5 Å². The minimum Gasteiger partial charge on any atom is -0.496 e. The highest BCUT2D eigenvalue weighted by atomic mass is 19.1. The fraction of sp³-hybridized carbons (Fsp3) is 0.188. The first-order valence-corrected chi connectivity index (χ1v) is 6.41. The van der Waals surface area contributed by atoms with Gasteiger partial charge in [0.25, 0.3) is 0 Å². The second-order valence-electron chi connectivity index (χ2n) is 4.42. The molecule has 0 fully saturated rings. The zero-order chi connectivity index (χ0) is 16.1. The van der Waals surface area contributed by atoms with E-state index in [9.17, 15) is 14.3 Å². The van der Waals surface area contributed by atoms with Crippen LogP contribution in [0.5, 0.6) is 17.2 Å². The number of carboxylic acids is 1. The van der Waals surface area contributed by atoms with Crippen molar-refractivity contribution in [1.29, 1.82) is 0 Å². The van der Waals surface area contributed by atoms with E-state index < -0.39 is 5.97 Å². The van der Waals surface area contributed by atoms with E-state index in [1.54, 1.807) is 12.1 Å². The molecule has 0 saturated heterocycles. The Morgan fingerprint density at radius 1 is 1.09 bits per heavy atom. The third-order valence-corrected chi connectivity index (χ3v) is 3.02. The molecule has 22 heavy (non-hydrogen) atoms. The van der Waals surface area contributed by atoms with Crippen molar-refractivity contribution in [3.63, 3.8) is 0 Å². The van der Waals surface area contributed by atoms with Gasteiger partial charge in [0.05, 0.1) is 14.2 Å². The molecule has 0 saturated carbocycles. The monoisotopic (exact) mass is 306 g/mol. The molecule has 2 aromatic carbocycles. The maximum atomic E-state index is 12.9. The van der Waals surface area contributed by atoms with Crippen molar-refractivity contribution in [2.45, 2.75) is 6.61 Å². The summed E-state index contributed by atoms with van der Waals surface area (Å²) in [5.41, 5.74) is 0.616. The number of hydrogen-bond acceptors (Lipinski definition) is 4. The summed E-state index contributed by atoms with van der Waals surface area (Å²) in [7, 11) is 2.82. The molecule has 6 heteroatoms. The van der Waals surface area contributed by atoms with E-state index in [4.69, 9.17) is 14.2 Å². The smallest absolute Gasteiger partial charge is 0.343 e. The molecular weight excluding hydrogens is 291 g/mol. The number of carboxylic acid groups (broad SMARTS) is 1. The van der Waals surface area contributed by atoms with Crippen LogP contribution in [0.15, 0.2) is 36.4 Å². The van der Waals surface area contributed by atoms with Gasteiger partial charge >= 0.3 is 5.97 Å². The van der Waals surface area contributed by atoms with Crippen molar-refractivity contribution in [3.8, 4) is 17.2 Å². The van der Waals surface area contributed by atoms with Crippen LogP contribution < -0.4 is 14.2 Å². The number of hydrogen-bond donors (Lipinski definition) is 1. The van der Waals surface area contributed by atoms with Crippen molar-refractivity contribution in [2.24, 2.45) is 0 Å². The van der Waals surface area contributed by atoms with Gasteiger partial charge in [0, 0.05) is 12.1 Å². The lowest BCUT2D eigenvalue weighted by atomic mass is 10.1. The maximum absolute atomic E-state index is 12.9. The molecule has 5 nitrogen and oxygen atoms in total. The molecule has 0 unspecified atom stereocenters. The van der Waals surface area contributed by atoms with Crippen molar-refractivity contribution in [2.75, 3.05) is 14.2 Å². The minimum absolute atomic E-state index is 0.0922. The number of methoxy groups -OCH3 is 2. The van der Waals surface area contributed by atoms with Gasteiger partial charge in [0.2, 0.25) is 0 Å². The van der Waals surface area contributed by atoms with E-state index >= 15 is 0 Å². The average Bonchev–Trinajstić information content (AvgIpc) is 2.53. The number of halogens is 1. The molecule has 0 bridgehead atoms. The van der Waals surface area contributed by atoms with Crippen LogP contribution in [0.4, 0.5) is 4.39 Å². The van der Waals surface area contributed by atoms with Gasteiger partial charge in [0.1, 0.15) is 35.2 Å². The van der Waals surface area contributed by atoms with Crippen molar-refractivity contribution >= 4 is 5.97 Å². The summed E-state index contributed by atoms with van der Waals surface area (Å²) >= 11 is 0. The van der Waals surface area contributed by atoms with Gasteiger partial charge in [-0.25, -0.2) is 9.18 Å². The van der Waals surface area contributed by atoms with Crippen molar-refractivity contribution in [1.82, 2.24) is 0 Å². The second kappa shape index (κ2) is 6.80. The lowest BCUT2D eigenvalue weighted by molar-refractivity contribution is 0.0688. The Bertz CT molecular complexity index is 667. The van der Waals surface area contributed by atoms with Gasteiger partial charge in [-0.05, 0) is 17.7 Å². The number of benzene rings is 2. The first-order chi connectivity index (χ1) is 10.5. The summed E-state index contributed by atoms with van der Waals surface area (Å²) in [5.74, 6) is -0.850. The Morgan fingerprint density at radius 3 is 2.27 bits per heavy atom. The highest BCUT2D eigenvalue weighted by molar-refractivity contribution is 5.94. The summed E-state index contributed by atoms with van der Waals surface area (Å²) in [5, 5.41) is 9.32. The van der Waals surface area contributed by atoms with Gasteiger partial charge in [-0.3, -0.25) is 0 Å². The van der Waals surface area contributed by atoms with Gasteiger partial charge in [-0.1, -0.05) is 12.1 Å². The molecule has 0 amide bonds. The van der Waals surface area contributed by atoms with Crippen LogP contribution in [0.1, 0.15) is 15.9 Å². The van der Waals surface area contributed by atoms with Crippen molar-refractivity contribution in [3.05, 3.63) is 53.3 Å². The van der Waals surface area contributed by atoms with Crippen LogP contribution >= 0.6 is 0 Å². The fourth-order valence-electron chi connectivity index (χ4n) is 1.91. The Kier molecular flexibility index (Phi) is 4.83. The average molecular weight is 306 g/mol. The summed E-state index contributed by atoms with van der Waals surface area (Å²) in [6.07, 6.45) is 0. The molecule has 0 aliphatic heterocycles. The van der Waals surface area contributed by atoms with Crippen LogP contribution in [-0.2, 0) is 6.61 Å². The van der Waals surface area contributed by atoms with E-state index in [0.29, 0.717) is 11.3 Å². The first kappa shape index (κ1) is 15.6. The highest BCUT2D eigenvalue weighted by Crippen LogP contribution is 2.34. The zero-order valence-electron chi connectivity index (χ0n) is 12.1. The molecule has 0 spiro atoms. The lowest BCUT2D eigenvalue weighted by Crippen LogP contribution is -2.06. The third kappa shape index (κ3) is 3.46. The molecule has 0 radical (unpaired) electrons. The molecule has 2 rings (SSSR count).